The smallest absolute Gasteiger partial charge is 0.123 e. The molecule has 0 saturated heterocycles. The minimum absolute atomic E-state index is 0.264. The summed E-state index contributed by atoms with van der Waals surface area (Å²) in [5, 5.41) is 10.1. The monoisotopic (exact) mass is 282 g/mol. The van der Waals surface area contributed by atoms with Crippen LogP contribution < -0.4 is 0 Å². The summed E-state index contributed by atoms with van der Waals surface area (Å²) >= 11 is 0. The summed E-state index contributed by atoms with van der Waals surface area (Å²) in [7, 11) is 4.13. The molecular weight excluding hydrogens is 255 g/mol. The van der Waals surface area contributed by atoms with Crippen LogP contribution in [0.15, 0.2) is 24.3 Å². The molecule has 0 aliphatic rings. The number of benzene rings is 1. The molecule has 1 atom stereocenters. The first kappa shape index (κ1) is 17.1. The molecule has 0 saturated carbocycles. The van der Waals surface area contributed by atoms with E-state index in [1.54, 1.807) is 12.1 Å². The van der Waals surface area contributed by atoms with Gasteiger partial charge in [0, 0.05) is 19.6 Å². The van der Waals surface area contributed by atoms with Crippen LogP contribution in [0, 0.1) is 5.82 Å². The molecule has 1 unspecified atom stereocenters. The van der Waals surface area contributed by atoms with Crippen LogP contribution in [0.1, 0.15) is 31.4 Å². The predicted molar refractivity (Wildman–Crippen MR) is 81.3 cm³/mol. The molecule has 1 aromatic carbocycles. The molecule has 0 fully saturated rings. The highest BCUT2D eigenvalue weighted by molar-refractivity contribution is 5.18. The van der Waals surface area contributed by atoms with E-state index in [9.17, 15) is 9.50 Å². The summed E-state index contributed by atoms with van der Waals surface area (Å²) in [5.41, 5.74) is 0.787. The van der Waals surface area contributed by atoms with Crippen LogP contribution in [0.25, 0.3) is 0 Å². The van der Waals surface area contributed by atoms with Crippen molar-refractivity contribution < 1.29 is 9.50 Å². The highest BCUT2D eigenvalue weighted by atomic mass is 19.1. The van der Waals surface area contributed by atoms with Gasteiger partial charge in [-0.05, 0) is 51.2 Å². The normalized spacial score (nSPS) is 13.2. The quantitative estimate of drug-likeness (QED) is 0.754. The first-order valence-electron chi connectivity index (χ1n) is 7.33. The van der Waals surface area contributed by atoms with E-state index in [0.717, 1.165) is 38.2 Å². The molecule has 0 radical (unpaired) electrons. The number of aliphatic hydroxyl groups is 1. The molecule has 20 heavy (non-hydrogen) atoms. The van der Waals surface area contributed by atoms with Gasteiger partial charge in [-0.2, -0.15) is 0 Å². The van der Waals surface area contributed by atoms with E-state index in [4.69, 9.17) is 0 Å². The van der Waals surface area contributed by atoms with E-state index in [1.165, 1.54) is 12.1 Å². The summed E-state index contributed by atoms with van der Waals surface area (Å²) < 4.78 is 12.8. The highest BCUT2D eigenvalue weighted by Crippen LogP contribution is 2.17. The Hall–Kier alpha value is -0.970. The second-order valence-corrected chi connectivity index (χ2v) is 5.50. The topological polar surface area (TPSA) is 26.7 Å². The molecule has 4 heteroatoms. The molecule has 0 aliphatic heterocycles. The van der Waals surface area contributed by atoms with Gasteiger partial charge in [0.1, 0.15) is 5.82 Å². The fourth-order valence-electron chi connectivity index (χ4n) is 2.15. The van der Waals surface area contributed by atoms with Crippen molar-refractivity contribution in [1.82, 2.24) is 9.80 Å². The third-order valence-corrected chi connectivity index (χ3v) is 3.38. The SMILES string of the molecule is CCCN(CCC(O)c1ccc(F)cc1)CCN(C)C. The second kappa shape index (κ2) is 9.06. The third-order valence-electron chi connectivity index (χ3n) is 3.38. The summed E-state index contributed by atoms with van der Waals surface area (Å²) in [4.78, 5) is 4.53. The lowest BCUT2D eigenvalue weighted by molar-refractivity contribution is 0.138. The summed E-state index contributed by atoms with van der Waals surface area (Å²) in [5.74, 6) is -0.264. The lowest BCUT2D eigenvalue weighted by atomic mass is 10.1. The number of hydrogen-bond donors (Lipinski definition) is 1. The van der Waals surface area contributed by atoms with E-state index in [2.05, 4.69) is 30.8 Å². The molecule has 0 spiro atoms. The van der Waals surface area contributed by atoms with Crippen LogP contribution >= 0.6 is 0 Å². The molecule has 114 valence electrons. The number of rotatable bonds is 9. The van der Waals surface area contributed by atoms with Crippen LogP contribution in [0.3, 0.4) is 0 Å². The van der Waals surface area contributed by atoms with Crippen LogP contribution in [0.5, 0.6) is 0 Å². The van der Waals surface area contributed by atoms with E-state index >= 15 is 0 Å². The van der Waals surface area contributed by atoms with Crippen molar-refractivity contribution in [2.24, 2.45) is 0 Å². The zero-order valence-corrected chi connectivity index (χ0v) is 12.8. The molecule has 0 aliphatic carbocycles. The highest BCUT2D eigenvalue weighted by Gasteiger charge is 2.11. The van der Waals surface area contributed by atoms with Crippen LogP contribution in [-0.4, -0.2) is 55.2 Å². The third kappa shape index (κ3) is 6.46. The Morgan fingerprint density at radius 3 is 2.25 bits per heavy atom. The Balaban J connectivity index is 2.42. The molecule has 0 heterocycles. The number of nitrogens with zero attached hydrogens (tertiary/aromatic N) is 2. The van der Waals surface area contributed by atoms with E-state index < -0.39 is 6.10 Å². The zero-order valence-electron chi connectivity index (χ0n) is 12.8. The van der Waals surface area contributed by atoms with Gasteiger partial charge < -0.3 is 14.9 Å². The Morgan fingerprint density at radius 2 is 1.70 bits per heavy atom. The molecular formula is C16H27FN2O. The molecule has 3 nitrogen and oxygen atoms in total. The average molecular weight is 282 g/mol. The maximum Gasteiger partial charge on any atom is 0.123 e. The molecule has 0 bridgehead atoms. The van der Waals surface area contributed by atoms with Gasteiger partial charge in [0.05, 0.1) is 6.10 Å². The van der Waals surface area contributed by atoms with E-state index in [1.807, 2.05) is 0 Å². The predicted octanol–water partition coefficient (Wildman–Crippen LogP) is 2.52. The van der Waals surface area contributed by atoms with Crippen molar-refractivity contribution in [3.8, 4) is 0 Å². The van der Waals surface area contributed by atoms with Gasteiger partial charge in [0.15, 0.2) is 0 Å². The summed E-state index contributed by atoms with van der Waals surface area (Å²) in [6.07, 6.45) is 1.27. The number of hydrogen-bond acceptors (Lipinski definition) is 3. The molecule has 1 aromatic rings. The van der Waals surface area contributed by atoms with Crippen molar-refractivity contribution in [1.29, 1.82) is 0 Å². The Kier molecular flexibility index (Phi) is 7.73. The molecule has 0 aromatic heterocycles. The molecule has 0 amide bonds. The van der Waals surface area contributed by atoms with Crippen molar-refractivity contribution in [2.75, 3.05) is 40.3 Å². The minimum atomic E-state index is -0.519. The lowest BCUT2D eigenvalue weighted by Gasteiger charge is -2.24. The maximum absolute atomic E-state index is 12.8. The second-order valence-electron chi connectivity index (χ2n) is 5.50. The van der Waals surface area contributed by atoms with Crippen molar-refractivity contribution in [2.45, 2.75) is 25.9 Å². The standard InChI is InChI=1S/C16H27FN2O/c1-4-10-19(13-12-18(2)3)11-9-16(20)14-5-7-15(17)8-6-14/h5-8,16,20H,4,9-13H2,1-3H3. The van der Waals surface area contributed by atoms with Crippen molar-refractivity contribution in [3.05, 3.63) is 35.6 Å². The molecule has 1 rings (SSSR count). The zero-order chi connectivity index (χ0) is 15.0. The van der Waals surface area contributed by atoms with Gasteiger partial charge in [-0.25, -0.2) is 4.39 Å². The summed E-state index contributed by atoms with van der Waals surface area (Å²) in [6, 6.07) is 6.11. The fourth-order valence-corrected chi connectivity index (χ4v) is 2.15. The Morgan fingerprint density at radius 1 is 1.05 bits per heavy atom. The van der Waals surface area contributed by atoms with Crippen molar-refractivity contribution in [3.63, 3.8) is 0 Å². The average Bonchev–Trinajstić information content (AvgIpc) is 2.42. The first-order valence-corrected chi connectivity index (χ1v) is 7.33. The van der Waals surface area contributed by atoms with Crippen molar-refractivity contribution >= 4 is 0 Å². The number of halogens is 1. The summed E-state index contributed by atoms with van der Waals surface area (Å²) in [6.45, 7) is 6.10. The van der Waals surface area contributed by atoms with Crippen LogP contribution in [0.4, 0.5) is 4.39 Å². The van der Waals surface area contributed by atoms with Gasteiger partial charge in [0.2, 0.25) is 0 Å². The largest absolute Gasteiger partial charge is 0.388 e. The van der Waals surface area contributed by atoms with E-state index in [0.29, 0.717) is 6.42 Å². The maximum atomic E-state index is 12.8. The number of likely N-dealkylation sites (N-methyl/N-ethyl adjacent to an activating group) is 1. The number of aliphatic hydroxyl groups excluding tert-OH is 1. The van der Waals surface area contributed by atoms with Gasteiger partial charge in [-0.15, -0.1) is 0 Å². The Labute approximate surface area is 122 Å². The fraction of sp³-hybridized carbons (Fsp3) is 0.625. The van der Waals surface area contributed by atoms with Gasteiger partial charge in [-0.3, -0.25) is 0 Å². The minimum Gasteiger partial charge on any atom is -0.388 e. The van der Waals surface area contributed by atoms with Crippen LogP contribution in [-0.2, 0) is 0 Å². The van der Waals surface area contributed by atoms with Gasteiger partial charge in [-0.1, -0.05) is 19.1 Å². The molecule has 1 N–H and O–H groups in total. The Bertz CT molecular complexity index is 367. The lowest BCUT2D eigenvalue weighted by Crippen LogP contribution is -2.33. The van der Waals surface area contributed by atoms with Gasteiger partial charge >= 0.3 is 0 Å². The van der Waals surface area contributed by atoms with Crippen LogP contribution in [0.2, 0.25) is 0 Å². The first-order chi connectivity index (χ1) is 9.52. The van der Waals surface area contributed by atoms with E-state index in [-0.39, 0.29) is 5.82 Å². The van der Waals surface area contributed by atoms with Gasteiger partial charge in [0.25, 0.3) is 0 Å².